The summed E-state index contributed by atoms with van der Waals surface area (Å²) in [5.41, 5.74) is 3.80. The number of aryl methyl sites for hydroxylation is 2. The standard InChI is InChI=1S/C27H34N6O2/c1-4-24(26-29-30-31-33(26)21-9-6-5-7-10-21)32(17-22-11-8-14-35-22)16-20-15-23-18(2)12-13-19(3)25(23)28-27(20)34/h8,11-15,21,24H,4-7,9-10,16-17H2,1-3H3,(H,28,34)/t24-/m0/s1. The summed E-state index contributed by atoms with van der Waals surface area (Å²) in [7, 11) is 0. The van der Waals surface area contributed by atoms with Crippen molar-refractivity contribution in [3.05, 3.63) is 75.2 Å². The second-order valence-corrected chi connectivity index (χ2v) is 9.79. The summed E-state index contributed by atoms with van der Waals surface area (Å²) >= 11 is 0. The number of rotatable bonds is 8. The second-order valence-electron chi connectivity index (χ2n) is 9.79. The van der Waals surface area contributed by atoms with E-state index in [0.717, 1.165) is 58.4 Å². The van der Waals surface area contributed by atoms with Crippen LogP contribution < -0.4 is 5.56 Å². The van der Waals surface area contributed by atoms with E-state index in [1.165, 1.54) is 19.3 Å². The van der Waals surface area contributed by atoms with Crippen molar-refractivity contribution in [2.45, 2.75) is 84.5 Å². The van der Waals surface area contributed by atoms with Gasteiger partial charge in [0.15, 0.2) is 5.82 Å². The fraction of sp³-hybridized carbons (Fsp3) is 0.481. The van der Waals surface area contributed by atoms with Crippen molar-refractivity contribution in [3.63, 3.8) is 0 Å². The molecular formula is C27H34N6O2. The molecule has 3 aromatic heterocycles. The molecule has 0 amide bonds. The molecule has 0 unspecified atom stereocenters. The number of furan rings is 1. The number of hydrogen-bond donors (Lipinski definition) is 1. The minimum Gasteiger partial charge on any atom is -0.468 e. The number of tetrazole rings is 1. The van der Waals surface area contributed by atoms with Crippen LogP contribution in [0.2, 0.25) is 0 Å². The van der Waals surface area contributed by atoms with Crippen molar-refractivity contribution in [2.75, 3.05) is 0 Å². The molecule has 35 heavy (non-hydrogen) atoms. The van der Waals surface area contributed by atoms with Crippen LogP contribution in [0.15, 0.2) is 45.8 Å². The van der Waals surface area contributed by atoms with E-state index in [4.69, 9.17) is 4.42 Å². The summed E-state index contributed by atoms with van der Waals surface area (Å²) in [6.07, 6.45) is 8.42. The molecule has 1 fully saturated rings. The molecule has 1 N–H and O–H groups in total. The van der Waals surface area contributed by atoms with Crippen molar-refractivity contribution in [1.82, 2.24) is 30.1 Å². The van der Waals surface area contributed by atoms with Gasteiger partial charge in [-0.25, -0.2) is 4.68 Å². The smallest absolute Gasteiger partial charge is 0.252 e. The summed E-state index contributed by atoms with van der Waals surface area (Å²) in [6.45, 7) is 7.29. The van der Waals surface area contributed by atoms with Crippen LogP contribution in [0.25, 0.3) is 10.9 Å². The second kappa shape index (κ2) is 10.2. The zero-order valence-electron chi connectivity index (χ0n) is 20.8. The third kappa shape index (κ3) is 4.80. The zero-order chi connectivity index (χ0) is 24.4. The molecule has 0 aliphatic heterocycles. The van der Waals surface area contributed by atoms with Crippen molar-refractivity contribution in [2.24, 2.45) is 0 Å². The first-order chi connectivity index (χ1) is 17.0. The van der Waals surface area contributed by atoms with E-state index in [-0.39, 0.29) is 11.6 Å². The topological polar surface area (TPSA) is 92.8 Å². The Labute approximate surface area is 205 Å². The fourth-order valence-corrected chi connectivity index (χ4v) is 5.44. The van der Waals surface area contributed by atoms with Gasteiger partial charge in [0.2, 0.25) is 0 Å². The number of H-pyrrole nitrogens is 1. The maximum atomic E-state index is 13.2. The van der Waals surface area contributed by atoms with E-state index in [0.29, 0.717) is 19.1 Å². The Kier molecular flexibility index (Phi) is 6.81. The molecule has 0 spiro atoms. The average molecular weight is 475 g/mol. The van der Waals surface area contributed by atoms with Gasteiger partial charge in [0.25, 0.3) is 5.56 Å². The lowest BCUT2D eigenvalue weighted by Gasteiger charge is -2.31. The molecule has 1 aromatic carbocycles. The molecule has 1 saturated carbocycles. The number of aromatic nitrogens is 5. The Morgan fingerprint density at radius 1 is 1.14 bits per heavy atom. The van der Waals surface area contributed by atoms with Crippen LogP contribution in [0.1, 0.15) is 85.8 Å². The summed E-state index contributed by atoms with van der Waals surface area (Å²) in [6, 6.07) is 10.4. The molecule has 5 rings (SSSR count). The average Bonchev–Trinajstić information content (AvgIpc) is 3.56. The maximum Gasteiger partial charge on any atom is 0.252 e. The highest BCUT2D eigenvalue weighted by atomic mass is 16.3. The Balaban J connectivity index is 1.53. The molecule has 0 saturated heterocycles. The fourth-order valence-electron chi connectivity index (χ4n) is 5.44. The van der Waals surface area contributed by atoms with Gasteiger partial charge < -0.3 is 9.40 Å². The first-order valence-corrected chi connectivity index (χ1v) is 12.7. The monoisotopic (exact) mass is 474 g/mol. The third-order valence-electron chi connectivity index (χ3n) is 7.40. The normalized spacial score (nSPS) is 15.8. The van der Waals surface area contributed by atoms with Gasteiger partial charge in [-0.05, 0) is 72.9 Å². The van der Waals surface area contributed by atoms with E-state index in [1.54, 1.807) is 6.26 Å². The number of hydrogen-bond acceptors (Lipinski definition) is 6. The quantitative estimate of drug-likeness (QED) is 0.368. The highest BCUT2D eigenvalue weighted by molar-refractivity contribution is 5.85. The molecule has 1 aliphatic rings. The van der Waals surface area contributed by atoms with Crippen molar-refractivity contribution < 1.29 is 4.42 Å². The van der Waals surface area contributed by atoms with Crippen LogP contribution in [0.4, 0.5) is 0 Å². The molecule has 1 aliphatic carbocycles. The molecule has 0 radical (unpaired) electrons. The Bertz CT molecular complexity index is 1330. The van der Waals surface area contributed by atoms with E-state index in [1.807, 2.05) is 29.8 Å². The molecule has 1 atom stereocenters. The van der Waals surface area contributed by atoms with Crippen molar-refractivity contribution >= 4 is 10.9 Å². The number of fused-ring (bicyclic) bond motifs is 1. The molecule has 4 aromatic rings. The van der Waals surface area contributed by atoms with Gasteiger partial charge >= 0.3 is 0 Å². The number of pyridine rings is 1. The third-order valence-corrected chi connectivity index (χ3v) is 7.40. The summed E-state index contributed by atoms with van der Waals surface area (Å²) < 4.78 is 7.75. The predicted molar refractivity (Wildman–Crippen MR) is 135 cm³/mol. The summed E-state index contributed by atoms with van der Waals surface area (Å²) in [4.78, 5) is 18.6. The van der Waals surface area contributed by atoms with Crippen LogP contribution in [0, 0.1) is 13.8 Å². The van der Waals surface area contributed by atoms with Crippen molar-refractivity contribution in [3.8, 4) is 0 Å². The molecule has 8 nitrogen and oxygen atoms in total. The number of benzene rings is 1. The lowest BCUT2D eigenvalue weighted by molar-refractivity contribution is 0.144. The first-order valence-electron chi connectivity index (χ1n) is 12.7. The number of nitrogens with one attached hydrogen (secondary N) is 1. The Morgan fingerprint density at radius 3 is 2.69 bits per heavy atom. The van der Waals surface area contributed by atoms with E-state index < -0.39 is 0 Å². The van der Waals surface area contributed by atoms with Crippen LogP contribution >= 0.6 is 0 Å². The largest absolute Gasteiger partial charge is 0.468 e. The minimum atomic E-state index is -0.0580. The summed E-state index contributed by atoms with van der Waals surface area (Å²) in [5, 5.41) is 14.1. The molecule has 3 heterocycles. The van der Waals surface area contributed by atoms with E-state index in [2.05, 4.69) is 51.4 Å². The van der Waals surface area contributed by atoms with Crippen LogP contribution in [-0.2, 0) is 13.1 Å². The van der Waals surface area contributed by atoms with E-state index >= 15 is 0 Å². The van der Waals surface area contributed by atoms with Crippen LogP contribution in [0.5, 0.6) is 0 Å². The van der Waals surface area contributed by atoms with Gasteiger partial charge in [-0.15, -0.1) is 5.10 Å². The molecule has 184 valence electrons. The van der Waals surface area contributed by atoms with Crippen LogP contribution in [0.3, 0.4) is 0 Å². The summed E-state index contributed by atoms with van der Waals surface area (Å²) in [5.74, 6) is 1.72. The van der Waals surface area contributed by atoms with Gasteiger partial charge in [0, 0.05) is 17.5 Å². The molecule has 0 bridgehead atoms. The van der Waals surface area contributed by atoms with Crippen molar-refractivity contribution in [1.29, 1.82) is 0 Å². The maximum absolute atomic E-state index is 13.2. The van der Waals surface area contributed by atoms with Crippen LogP contribution in [-0.4, -0.2) is 30.1 Å². The number of nitrogens with zero attached hydrogens (tertiary/aromatic N) is 5. The Hall–Kier alpha value is -3.26. The van der Waals surface area contributed by atoms with E-state index in [9.17, 15) is 4.79 Å². The van der Waals surface area contributed by atoms with Gasteiger partial charge in [0.1, 0.15) is 5.76 Å². The lowest BCUT2D eigenvalue weighted by Crippen LogP contribution is -2.33. The highest BCUT2D eigenvalue weighted by Gasteiger charge is 2.29. The number of aromatic amines is 1. The molecule has 8 heteroatoms. The highest BCUT2D eigenvalue weighted by Crippen LogP contribution is 2.33. The zero-order valence-corrected chi connectivity index (χ0v) is 20.8. The van der Waals surface area contributed by atoms with Gasteiger partial charge in [-0.3, -0.25) is 9.69 Å². The Morgan fingerprint density at radius 2 is 1.94 bits per heavy atom. The first kappa shape index (κ1) is 23.5. The minimum absolute atomic E-state index is 0.0503. The van der Waals surface area contributed by atoms with Gasteiger partial charge in [-0.1, -0.05) is 38.3 Å². The van der Waals surface area contributed by atoms with Gasteiger partial charge in [-0.2, -0.15) is 0 Å². The molecular weight excluding hydrogens is 440 g/mol. The predicted octanol–water partition coefficient (Wildman–Crippen LogP) is 5.38. The van der Waals surface area contributed by atoms with Gasteiger partial charge in [0.05, 0.1) is 30.4 Å². The SMILES string of the molecule is CC[C@@H](c1nnnn1C1CCCCC1)N(Cc1ccco1)Cc1cc2c(C)ccc(C)c2[nH]c1=O. The lowest BCUT2D eigenvalue weighted by atomic mass is 9.95.